The fraction of sp³-hybridized carbons (Fsp3) is 0.538. The average Bonchev–Trinajstić information content (AvgIpc) is 2.42. The normalized spacial score (nSPS) is 20.0. The van der Waals surface area contributed by atoms with Gasteiger partial charge in [-0.2, -0.15) is 4.31 Å². The first-order valence-electron chi connectivity index (χ1n) is 6.55. The van der Waals surface area contributed by atoms with Crippen molar-refractivity contribution < 1.29 is 8.42 Å². The van der Waals surface area contributed by atoms with E-state index in [9.17, 15) is 8.42 Å². The second-order valence-electron chi connectivity index (χ2n) is 5.00. The minimum absolute atomic E-state index is 0. The summed E-state index contributed by atoms with van der Waals surface area (Å²) >= 11 is 11.9. The summed E-state index contributed by atoms with van der Waals surface area (Å²) in [4.78, 5) is 0.0942. The molecule has 1 aromatic carbocycles. The van der Waals surface area contributed by atoms with E-state index >= 15 is 0 Å². The van der Waals surface area contributed by atoms with Crippen molar-refractivity contribution in [1.29, 1.82) is 0 Å². The zero-order valence-corrected chi connectivity index (χ0v) is 14.8. The molecule has 1 aromatic rings. The summed E-state index contributed by atoms with van der Waals surface area (Å²) in [5.41, 5.74) is 0. The highest BCUT2D eigenvalue weighted by atomic mass is 35.5. The van der Waals surface area contributed by atoms with Gasteiger partial charge in [0.25, 0.3) is 0 Å². The van der Waals surface area contributed by atoms with Crippen LogP contribution >= 0.6 is 35.6 Å². The van der Waals surface area contributed by atoms with Crippen LogP contribution in [-0.4, -0.2) is 39.4 Å². The minimum Gasteiger partial charge on any atom is -0.319 e. The highest BCUT2D eigenvalue weighted by Crippen LogP contribution is 2.30. The Hall–Kier alpha value is -0.0400. The van der Waals surface area contributed by atoms with Crippen molar-refractivity contribution in [2.24, 2.45) is 5.92 Å². The standard InChI is InChI=1S/C13H18Cl2N2O2S.ClH/c1-16-8-10-3-2-6-17(9-10)20(18,19)13-7-11(14)4-5-12(13)15;/h4-5,7,10,16H,2-3,6,8-9H2,1H3;1H. The number of sulfonamides is 1. The molecule has 1 aliphatic rings. The highest BCUT2D eigenvalue weighted by molar-refractivity contribution is 7.89. The van der Waals surface area contributed by atoms with Gasteiger partial charge in [-0.05, 0) is 50.6 Å². The minimum atomic E-state index is -3.58. The van der Waals surface area contributed by atoms with Crippen molar-refractivity contribution >= 4 is 45.6 Å². The molecule has 21 heavy (non-hydrogen) atoms. The molecule has 1 atom stereocenters. The lowest BCUT2D eigenvalue weighted by Crippen LogP contribution is -2.42. The van der Waals surface area contributed by atoms with Crippen molar-refractivity contribution in [3.8, 4) is 0 Å². The van der Waals surface area contributed by atoms with Gasteiger partial charge in [0.2, 0.25) is 10.0 Å². The summed E-state index contributed by atoms with van der Waals surface area (Å²) in [7, 11) is -1.70. The van der Waals surface area contributed by atoms with Gasteiger partial charge in [0, 0.05) is 18.1 Å². The van der Waals surface area contributed by atoms with E-state index in [0.29, 0.717) is 24.0 Å². The van der Waals surface area contributed by atoms with Crippen molar-refractivity contribution in [3.63, 3.8) is 0 Å². The van der Waals surface area contributed by atoms with E-state index in [-0.39, 0.29) is 22.3 Å². The van der Waals surface area contributed by atoms with E-state index in [4.69, 9.17) is 23.2 Å². The molecule has 1 N–H and O–H groups in total. The van der Waals surface area contributed by atoms with E-state index in [2.05, 4.69) is 5.32 Å². The number of rotatable bonds is 4. The summed E-state index contributed by atoms with van der Waals surface area (Å²) in [6.45, 7) is 1.87. The van der Waals surface area contributed by atoms with E-state index in [1.165, 1.54) is 16.4 Å². The number of hydrogen-bond acceptors (Lipinski definition) is 3. The Bertz CT molecular complexity index is 579. The van der Waals surface area contributed by atoms with Gasteiger partial charge >= 0.3 is 0 Å². The lowest BCUT2D eigenvalue weighted by Gasteiger charge is -2.32. The lowest BCUT2D eigenvalue weighted by molar-refractivity contribution is 0.263. The number of hydrogen-bond donors (Lipinski definition) is 1. The molecule has 1 aliphatic heterocycles. The van der Waals surface area contributed by atoms with Gasteiger partial charge in [-0.3, -0.25) is 0 Å². The molecule has 1 saturated heterocycles. The van der Waals surface area contributed by atoms with Crippen LogP contribution in [0.25, 0.3) is 0 Å². The topological polar surface area (TPSA) is 49.4 Å². The van der Waals surface area contributed by atoms with E-state index in [1.54, 1.807) is 6.07 Å². The molecule has 120 valence electrons. The predicted octanol–water partition coefficient (Wildman–Crippen LogP) is 3.04. The molecule has 0 aromatic heterocycles. The van der Waals surface area contributed by atoms with Crippen LogP contribution < -0.4 is 5.32 Å². The van der Waals surface area contributed by atoms with Crippen LogP contribution in [0.5, 0.6) is 0 Å². The molecule has 1 fully saturated rings. The monoisotopic (exact) mass is 372 g/mol. The number of nitrogens with zero attached hydrogens (tertiary/aromatic N) is 1. The van der Waals surface area contributed by atoms with Gasteiger partial charge in [0.1, 0.15) is 4.90 Å². The van der Waals surface area contributed by atoms with Crippen LogP contribution in [0.2, 0.25) is 10.0 Å². The third-order valence-electron chi connectivity index (χ3n) is 3.49. The quantitative estimate of drug-likeness (QED) is 0.882. The molecule has 1 heterocycles. The SMILES string of the molecule is CNCC1CCCN(S(=O)(=O)c2cc(Cl)ccc2Cl)C1.Cl. The molecular weight excluding hydrogens is 355 g/mol. The highest BCUT2D eigenvalue weighted by Gasteiger charge is 2.31. The first kappa shape index (κ1) is 19.0. The second-order valence-corrected chi connectivity index (χ2v) is 7.75. The Morgan fingerprint density at radius 3 is 2.76 bits per heavy atom. The zero-order valence-electron chi connectivity index (χ0n) is 11.7. The summed E-state index contributed by atoms with van der Waals surface area (Å²) in [5.74, 6) is 0.335. The first-order chi connectivity index (χ1) is 9.45. The van der Waals surface area contributed by atoms with Gasteiger partial charge in [-0.15, -0.1) is 12.4 Å². The predicted molar refractivity (Wildman–Crippen MR) is 89.1 cm³/mol. The molecule has 0 radical (unpaired) electrons. The first-order valence-corrected chi connectivity index (χ1v) is 8.74. The Labute approximate surface area is 142 Å². The van der Waals surface area contributed by atoms with Crippen molar-refractivity contribution in [2.45, 2.75) is 17.7 Å². The Kier molecular flexibility index (Phi) is 7.24. The molecule has 2 rings (SSSR count). The molecule has 0 saturated carbocycles. The van der Waals surface area contributed by atoms with Gasteiger partial charge < -0.3 is 5.32 Å². The molecule has 8 heteroatoms. The molecular formula is C13H19Cl3N2O2S. The van der Waals surface area contributed by atoms with Crippen LogP contribution in [0, 0.1) is 5.92 Å². The molecule has 1 unspecified atom stereocenters. The van der Waals surface area contributed by atoms with E-state index in [1.807, 2.05) is 7.05 Å². The maximum absolute atomic E-state index is 12.7. The smallest absolute Gasteiger partial charge is 0.244 e. The van der Waals surface area contributed by atoms with Crippen LogP contribution in [0.15, 0.2) is 23.1 Å². The van der Waals surface area contributed by atoms with Crippen molar-refractivity contribution in [2.75, 3.05) is 26.7 Å². The van der Waals surface area contributed by atoms with Crippen molar-refractivity contribution in [3.05, 3.63) is 28.2 Å². The zero-order chi connectivity index (χ0) is 14.8. The number of benzene rings is 1. The Balaban J connectivity index is 0.00000220. The molecule has 0 aliphatic carbocycles. The fourth-order valence-corrected chi connectivity index (χ4v) is 4.81. The second kappa shape index (κ2) is 7.99. The third-order valence-corrected chi connectivity index (χ3v) is 6.07. The number of halogens is 3. The molecule has 0 bridgehead atoms. The van der Waals surface area contributed by atoms with Crippen LogP contribution in [0.1, 0.15) is 12.8 Å². The molecule has 4 nitrogen and oxygen atoms in total. The molecule has 0 spiro atoms. The van der Waals surface area contributed by atoms with Crippen LogP contribution in [-0.2, 0) is 10.0 Å². The maximum Gasteiger partial charge on any atom is 0.244 e. The van der Waals surface area contributed by atoms with Crippen LogP contribution in [0.3, 0.4) is 0 Å². The fourth-order valence-electron chi connectivity index (χ4n) is 2.51. The average molecular weight is 374 g/mol. The van der Waals surface area contributed by atoms with Crippen LogP contribution in [0.4, 0.5) is 0 Å². The summed E-state index contributed by atoms with van der Waals surface area (Å²) < 4.78 is 26.9. The summed E-state index contributed by atoms with van der Waals surface area (Å²) in [5, 5.41) is 3.69. The largest absolute Gasteiger partial charge is 0.319 e. The summed E-state index contributed by atoms with van der Waals surface area (Å²) in [6.07, 6.45) is 1.90. The molecule has 0 amide bonds. The number of nitrogens with one attached hydrogen (secondary N) is 1. The van der Waals surface area contributed by atoms with E-state index < -0.39 is 10.0 Å². The summed E-state index contributed by atoms with van der Waals surface area (Å²) in [6, 6.07) is 4.52. The van der Waals surface area contributed by atoms with E-state index in [0.717, 1.165) is 19.4 Å². The van der Waals surface area contributed by atoms with Gasteiger partial charge in [0.05, 0.1) is 5.02 Å². The Morgan fingerprint density at radius 1 is 1.38 bits per heavy atom. The maximum atomic E-state index is 12.7. The van der Waals surface area contributed by atoms with Gasteiger partial charge in [-0.1, -0.05) is 23.2 Å². The van der Waals surface area contributed by atoms with Crippen molar-refractivity contribution in [1.82, 2.24) is 9.62 Å². The van der Waals surface area contributed by atoms with Gasteiger partial charge in [0.15, 0.2) is 0 Å². The Morgan fingerprint density at radius 2 is 2.10 bits per heavy atom. The number of piperidine rings is 1. The third kappa shape index (κ3) is 4.47. The van der Waals surface area contributed by atoms with Gasteiger partial charge in [-0.25, -0.2) is 8.42 Å². The lowest BCUT2D eigenvalue weighted by atomic mass is 10.00.